The topological polar surface area (TPSA) is 69.4 Å². The van der Waals surface area contributed by atoms with Crippen molar-refractivity contribution in [2.45, 2.75) is 6.18 Å². The molecule has 0 aliphatic carbocycles. The lowest BCUT2D eigenvalue weighted by atomic mass is 10.2. The summed E-state index contributed by atoms with van der Waals surface area (Å²) in [4.78, 5) is 20.8. The highest BCUT2D eigenvalue weighted by atomic mass is 35.5. The van der Waals surface area contributed by atoms with E-state index in [2.05, 4.69) is 0 Å². The summed E-state index contributed by atoms with van der Waals surface area (Å²) in [6.07, 6.45) is -4.26. The van der Waals surface area contributed by atoms with Gasteiger partial charge in [0, 0.05) is 6.07 Å². The van der Waals surface area contributed by atoms with Crippen molar-refractivity contribution in [1.29, 1.82) is 0 Å². The first-order valence-electron chi connectivity index (χ1n) is 6.00. The molecule has 0 unspecified atom stereocenters. The van der Waals surface area contributed by atoms with E-state index in [1.807, 2.05) is 0 Å². The average Bonchev–Trinajstić information content (AvgIpc) is 2.47. The van der Waals surface area contributed by atoms with Crippen LogP contribution in [0, 0.1) is 10.1 Å². The normalized spacial score (nSPS) is 11.1. The molecule has 0 N–H and O–H groups in total. The lowest BCUT2D eigenvalue weighted by molar-refractivity contribution is -0.385. The summed E-state index contributed by atoms with van der Waals surface area (Å²) in [5.41, 5.74) is -1.58. The minimum Gasteiger partial charge on any atom is -0.456 e. The van der Waals surface area contributed by atoms with Gasteiger partial charge >= 0.3 is 6.18 Å². The Bertz CT molecular complexity index is 777. The summed E-state index contributed by atoms with van der Waals surface area (Å²) in [6.45, 7) is 0. The Morgan fingerprint density at radius 2 is 1.87 bits per heavy atom. The first-order valence-corrected chi connectivity index (χ1v) is 6.38. The van der Waals surface area contributed by atoms with Crippen LogP contribution >= 0.6 is 11.6 Å². The van der Waals surface area contributed by atoms with Gasteiger partial charge in [-0.15, -0.1) is 0 Å². The maximum Gasteiger partial charge on any atom is 0.416 e. The molecule has 0 fully saturated rings. The molecule has 0 aliphatic heterocycles. The van der Waals surface area contributed by atoms with Crippen LogP contribution in [-0.2, 0) is 6.18 Å². The molecule has 0 saturated carbocycles. The third-order valence-corrected chi connectivity index (χ3v) is 3.11. The second-order valence-corrected chi connectivity index (χ2v) is 4.75. The fourth-order valence-corrected chi connectivity index (χ4v) is 1.96. The maximum absolute atomic E-state index is 12.5. The van der Waals surface area contributed by atoms with Gasteiger partial charge in [0.15, 0.2) is 6.29 Å². The van der Waals surface area contributed by atoms with Crippen LogP contribution in [0.5, 0.6) is 11.5 Å². The van der Waals surface area contributed by atoms with Crippen LogP contribution in [0.25, 0.3) is 0 Å². The van der Waals surface area contributed by atoms with Gasteiger partial charge in [-0.3, -0.25) is 14.9 Å². The van der Waals surface area contributed by atoms with Crippen LogP contribution in [0.4, 0.5) is 18.9 Å². The Hall–Kier alpha value is -2.61. The molecule has 0 atom stereocenters. The van der Waals surface area contributed by atoms with E-state index in [0.717, 1.165) is 24.3 Å². The van der Waals surface area contributed by atoms with Gasteiger partial charge in [0.2, 0.25) is 0 Å². The molecule has 2 aromatic rings. The number of hydrogen-bond acceptors (Lipinski definition) is 4. The SMILES string of the molecule is O=Cc1cc(Oc2ccc(C(F)(F)F)cc2Cl)ccc1[N+](=O)[O-]. The zero-order valence-corrected chi connectivity index (χ0v) is 11.9. The van der Waals surface area contributed by atoms with Crippen molar-refractivity contribution in [3.63, 3.8) is 0 Å². The zero-order valence-electron chi connectivity index (χ0n) is 11.1. The predicted octanol–water partition coefficient (Wildman–Crippen LogP) is 4.87. The standard InChI is InChI=1S/C14H7ClF3NO4/c15-11-6-9(14(16,17)18)1-4-13(11)23-10-2-3-12(19(21)22)8(5-10)7-20/h1-7H. The largest absolute Gasteiger partial charge is 0.456 e. The predicted molar refractivity (Wildman–Crippen MR) is 75.0 cm³/mol. The molecule has 120 valence electrons. The van der Waals surface area contributed by atoms with Gasteiger partial charge in [-0.25, -0.2) is 0 Å². The van der Waals surface area contributed by atoms with E-state index in [0.29, 0.717) is 6.07 Å². The smallest absolute Gasteiger partial charge is 0.416 e. The van der Waals surface area contributed by atoms with Gasteiger partial charge in [0.05, 0.1) is 21.1 Å². The van der Waals surface area contributed by atoms with Crippen LogP contribution in [0.1, 0.15) is 15.9 Å². The second kappa shape index (κ2) is 6.25. The summed E-state index contributed by atoms with van der Waals surface area (Å²) in [6, 6.07) is 5.86. The molecule has 0 heterocycles. The van der Waals surface area contributed by atoms with Crippen molar-refractivity contribution >= 4 is 23.6 Å². The third-order valence-electron chi connectivity index (χ3n) is 2.81. The molecule has 2 aromatic carbocycles. The molecular weight excluding hydrogens is 339 g/mol. The van der Waals surface area contributed by atoms with E-state index in [-0.39, 0.29) is 28.4 Å². The number of benzene rings is 2. The third kappa shape index (κ3) is 3.78. The molecule has 0 aromatic heterocycles. The highest BCUT2D eigenvalue weighted by Gasteiger charge is 2.31. The number of rotatable bonds is 4. The van der Waals surface area contributed by atoms with Gasteiger partial charge in [-0.05, 0) is 30.3 Å². The lowest BCUT2D eigenvalue weighted by Crippen LogP contribution is -2.04. The fraction of sp³-hybridized carbons (Fsp3) is 0.0714. The Morgan fingerprint density at radius 3 is 2.39 bits per heavy atom. The number of ether oxygens (including phenoxy) is 1. The summed E-state index contributed by atoms with van der Waals surface area (Å²) in [5, 5.41) is 10.4. The molecule has 9 heteroatoms. The van der Waals surface area contributed by atoms with Crippen LogP contribution in [0.3, 0.4) is 0 Å². The Labute approximate surface area is 132 Å². The van der Waals surface area contributed by atoms with Crippen molar-refractivity contribution in [1.82, 2.24) is 0 Å². The van der Waals surface area contributed by atoms with E-state index in [1.165, 1.54) is 6.07 Å². The highest BCUT2D eigenvalue weighted by Crippen LogP contribution is 2.36. The number of hydrogen-bond donors (Lipinski definition) is 0. The molecule has 23 heavy (non-hydrogen) atoms. The van der Waals surface area contributed by atoms with Gasteiger partial charge in [-0.2, -0.15) is 13.2 Å². The van der Waals surface area contributed by atoms with Gasteiger partial charge in [-0.1, -0.05) is 11.6 Å². The summed E-state index contributed by atoms with van der Waals surface area (Å²) in [5.74, 6) is -0.0512. The maximum atomic E-state index is 12.5. The first kappa shape index (κ1) is 16.8. The second-order valence-electron chi connectivity index (χ2n) is 4.34. The van der Waals surface area contributed by atoms with Crippen LogP contribution in [0.15, 0.2) is 36.4 Å². The van der Waals surface area contributed by atoms with E-state index in [9.17, 15) is 28.1 Å². The van der Waals surface area contributed by atoms with Crippen molar-refractivity contribution in [2.75, 3.05) is 0 Å². The Balaban J connectivity index is 2.33. The Kier molecular flexibility index (Phi) is 4.55. The summed E-state index contributed by atoms with van der Waals surface area (Å²) in [7, 11) is 0. The molecular formula is C14H7ClF3NO4. The first-order chi connectivity index (χ1) is 10.7. The molecule has 0 bridgehead atoms. The van der Waals surface area contributed by atoms with Gasteiger partial charge in [0.1, 0.15) is 11.5 Å². The number of alkyl halides is 3. The minimum atomic E-state index is -4.54. The molecule has 0 radical (unpaired) electrons. The van der Waals surface area contributed by atoms with Crippen LogP contribution < -0.4 is 4.74 Å². The quantitative estimate of drug-likeness (QED) is 0.450. The van der Waals surface area contributed by atoms with Crippen molar-refractivity contribution < 1.29 is 27.6 Å². The molecule has 2 rings (SSSR count). The summed E-state index contributed by atoms with van der Waals surface area (Å²) < 4.78 is 42.9. The highest BCUT2D eigenvalue weighted by molar-refractivity contribution is 6.32. The van der Waals surface area contributed by atoms with Gasteiger partial charge in [0.25, 0.3) is 5.69 Å². The van der Waals surface area contributed by atoms with Gasteiger partial charge < -0.3 is 4.74 Å². The van der Waals surface area contributed by atoms with Crippen LogP contribution in [0.2, 0.25) is 5.02 Å². The molecule has 0 spiro atoms. The number of aldehydes is 1. The van der Waals surface area contributed by atoms with E-state index in [1.54, 1.807) is 0 Å². The Morgan fingerprint density at radius 1 is 1.17 bits per heavy atom. The number of nitro benzene ring substituents is 1. The number of nitro groups is 1. The zero-order chi connectivity index (χ0) is 17.2. The molecule has 0 saturated heterocycles. The molecule has 0 aliphatic rings. The number of carbonyl (C=O) groups is 1. The fourth-order valence-electron chi connectivity index (χ4n) is 1.74. The number of halogens is 4. The number of carbonyl (C=O) groups excluding carboxylic acids is 1. The van der Waals surface area contributed by atoms with E-state index >= 15 is 0 Å². The molecule has 5 nitrogen and oxygen atoms in total. The number of nitrogens with zero attached hydrogens (tertiary/aromatic N) is 1. The van der Waals surface area contributed by atoms with Crippen LogP contribution in [-0.4, -0.2) is 11.2 Å². The summed E-state index contributed by atoms with van der Waals surface area (Å²) >= 11 is 5.74. The van der Waals surface area contributed by atoms with Crippen molar-refractivity contribution in [3.8, 4) is 11.5 Å². The van der Waals surface area contributed by atoms with E-state index in [4.69, 9.17) is 16.3 Å². The van der Waals surface area contributed by atoms with E-state index < -0.39 is 22.4 Å². The molecule has 0 amide bonds. The minimum absolute atomic E-state index is 0.0272. The average molecular weight is 346 g/mol. The van der Waals surface area contributed by atoms with Crippen molar-refractivity contribution in [3.05, 3.63) is 62.7 Å². The lowest BCUT2D eigenvalue weighted by Gasteiger charge is -2.11. The monoisotopic (exact) mass is 345 g/mol. The van der Waals surface area contributed by atoms with Crippen molar-refractivity contribution in [2.24, 2.45) is 0 Å².